The molecule has 0 radical (unpaired) electrons. The van der Waals surface area contributed by atoms with Crippen LogP contribution in [0.3, 0.4) is 0 Å². The van der Waals surface area contributed by atoms with Crippen LogP contribution in [-0.4, -0.2) is 31.3 Å². The summed E-state index contributed by atoms with van der Waals surface area (Å²) in [6.45, 7) is 3.25. The summed E-state index contributed by atoms with van der Waals surface area (Å²) in [7, 11) is 0. The fourth-order valence-corrected chi connectivity index (χ4v) is 2.70. The van der Waals surface area contributed by atoms with Crippen molar-refractivity contribution in [1.29, 1.82) is 0 Å². The monoisotopic (exact) mass is 340 g/mol. The summed E-state index contributed by atoms with van der Waals surface area (Å²) in [6, 6.07) is 16.7. The first kappa shape index (κ1) is 17.3. The molecule has 0 unspecified atom stereocenters. The standard InChI is InChI=1S/C20H24N2O3/c1-15(20(23)22-16-6-3-2-4-7-16)21-17-9-11-18(12-10-17)25-14-19-8-5-13-24-19/h2-4,6-7,9-12,15,19,21H,5,8,13-14H2,1H3,(H,22,23)/t15-,19-/m1/s1. The van der Waals surface area contributed by atoms with Gasteiger partial charge in [-0.1, -0.05) is 18.2 Å². The number of carbonyl (C=O) groups is 1. The lowest BCUT2D eigenvalue weighted by Crippen LogP contribution is -2.31. The third-order valence-corrected chi connectivity index (χ3v) is 4.13. The molecule has 2 aromatic rings. The lowest BCUT2D eigenvalue weighted by molar-refractivity contribution is -0.116. The van der Waals surface area contributed by atoms with E-state index in [1.807, 2.05) is 61.5 Å². The van der Waals surface area contributed by atoms with Gasteiger partial charge in [0.1, 0.15) is 18.4 Å². The number of amides is 1. The Morgan fingerprint density at radius 1 is 1.16 bits per heavy atom. The largest absolute Gasteiger partial charge is 0.491 e. The van der Waals surface area contributed by atoms with Gasteiger partial charge in [-0.05, 0) is 56.2 Å². The van der Waals surface area contributed by atoms with Gasteiger partial charge in [0.05, 0.1) is 6.10 Å². The van der Waals surface area contributed by atoms with E-state index in [1.54, 1.807) is 0 Å². The Bertz CT molecular complexity index is 667. The molecule has 1 amide bonds. The normalized spacial score (nSPS) is 17.7. The van der Waals surface area contributed by atoms with Crippen molar-refractivity contribution in [3.63, 3.8) is 0 Å². The molecule has 132 valence electrons. The van der Waals surface area contributed by atoms with E-state index in [4.69, 9.17) is 9.47 Å². The molecule has 1 saturated heterocycles. The molecular formula is C20H24N2O3. The molecule has 25 heavy (non-hydrogen) atoms. The minimum atomic E-state index is -0.348. The predicted molar refractivity (Wildman–Crippen MR) is 99.1 cm³/mol. The Hall–Kier alpha value is -2.53. The molecule has 0 bridgehead atoms. The van der Waals surface area contributed by atoms with Crippen LogP contribution in [-0.2, 0) is 9.53 Å². The van der Waals surface area contributed by atoms with Gasteiger partial charge in [0.15, 0.2) is 0 Å². The first-order valence-electron chi connectivity index (χ1n) is 8.67. The van der Waals surface area contributed by atoms with E-state index in [0.29, 0.717) is 6.61 Å². The maximum Gasteiger partial charge on any atom is 0.246 e. The molecule has 0 spiro atoms. The average Bonchev–Trinajstić information content (AvgIpc) is 3.15. The summed E-state index contributed by atoms with van der Waals surface area (Å²) in [6.07, 6.45) is 2.38. The van der Waals surface area contributed by atoms with Gasteiger partial charge in [-0.3, -0.25) is 4.79 Å². The Kier molecular flexibility index (Phi) is 5.90. The Balaban J connectivity index is 1.47. The zero-order chi connectivity index (χ0) is 17.5. The van der Waals surface area contributed by atoms with Gasteiger partial charge in [-0.25, -0.2) is 0 Å². The second kappa shape index (κ2) is 8.53. The third kappa shape index (κ3) is 5.22. The predicted octanol–water partition coefficient (Wildman–Crippen LogP) is 3.68. The molecule has 2 aromatic carbocycles. The molecule has 0 aromatic heterocycles. The quantitative estimate of drug-likeness (QED) is 0.807. The Morgan fingerprint density at radius 3 is 2.60 bits per heavy atom. The lowest BCUT2D eigenvalue weighted by atomic mass is 10.2. The summed E-state index contributed by atoms with van der Waals surface area (Å²) in [5.74, 6) is 0.729. The average molecular weight is 340 g/mol. The number of ether oxygens (including phenoxy) is 2. The molecule has 5 heteroatoms. The van der Waals surface area contributed by atoms with Crippen LogP contribution in [0.4, 0.5) is 11.4 Å². The molecule has 1 heterocycles. The number of hydrogen-bond donors (Lipinski definition) is 2. The fraction of sp³-hybridized carbons (Fsp3) is 0.350. The number of anilines is 2. The molecule has 1 aliphatic heterocycles. The molecule has 0 aliphatic carbocycles. The zero-order valence-corrected chi connectivity index (χ0v) is 14.4. The van der Waals surface area contributed by atoms with E-state index < -0.39 is 0 Å². The van der Waals surface area contributed by atoms with Crippen molar-refractivity contribution in [1.82, 2.24) is 0 Å². The summed E-state index contributed by atoms with van der Waals surface area (Å²) in [5.41, 5.74) is 1.67. The summed E-state index contributed by atoms with van der Waals surface area (Å²) in [4.78, 5) is 12.2. The Morgan fingerprint density at radius 2 is 1.92 bits per heavy atom. The Labute approximate surface area is 148 Å². The molecule has 3 rings (SSSR count). The van der Waals surface area contributed by atoms with Gasteiger partial charge in [0, 0.05) is 18.0 Å². The maximum absolute atomic E-state index is 12.2. The number of para-hydroxylation sites is 1. The van der Waals surface area contributed by atoms with Crippen molar-refractivity contribution in [3.8, 4) is 5.75 Å². The van der Waals surface area contributed by atoms with E-state index in [1.165, 1.54) is 0 Å². The van der Waals surface area contributed by atoms with Crippen LogP contribution >= 0.6 is 0 Å². The van der Waals surface area contributed by atoms with Crippen molar-refractivity contribution in [2.75, 3.05) is 23.8 Å². The highest BCUT2D eigenvalue weighted by molar-refractivity contribution is 5.96. The molecular weight excluding hydrogens is 316 g/mol. The zero-order valence-electron chi connectivity index (χ0n) is 14.4. The topological polar surface area (TPSA) is 59.6 Å². The van der Waals surface area contributed by atoms with E-state index in [-0.39, 0.29) is 18.1 Å². The molecule has 0 saturated carbocycles. The highest BCUT2D eigenvalue weighted by atomic mass is 16.5. The second-order valence-electron chi connectivity index (χ2n) is 6.19. The van der Waals surface area contributed by atoms with Gasteiger partial charge < -0.3 is 20.1 Å². The molecule has 5 nitrogen and oxygen atoms in total. The number of hydrogen-bond acceptors (Lipinski definition) is 4. The minimum absolute atomic E-state index is 0.0788. The fourth-order valence-electron chi connectivity index (χ4n) is 2.70. The first-order chi connectivity index (χ1) is 12.2. The van der Waals surface area contributed by atoms with Gasteiger partial charge in [0.25, 0.3) is 0 Å². The second-order valence-corrected chi connectivity index (χ2v) is 6.19. The van der Waals surface area contributed by atoms with Crippen molar-refractivity contribution in [3.05, 3.63) is 54.6 Å². The number of rotatable bonds is 7. The molecule has 1 fully saturated rings. The third-order valence-electron chi connectivity index (χ3n) is 4.13. The maximum atomic E-state index is 12.2. The summed E-state index contributed by atoms with van der Waals surface area (Å²) in [5, 5.41) is 6.08. The molecule has 2 atom stereocenters. The first-order valence-corrected chi connectivity index (χ1v) is 8.67. The number of benzene rings is 2. The highest BCUT2D eigenvalue weighted by Crippen LogP contribution is 2.19. The van der Waals surface area contributed by atoms with Gasteiger partial charge in [-0.15, -0.1) is 0 Å². The van der Waals surface area contributed by atoms with Crippen LogP contribution in [0, 0.1) is 0 Å². The summed E-state index contributed by atoms with van der Waals surface area (Å²) < 4.78 is 11.3. The number of nitrogens with one attached hydrogen (secondary N) is 2. The highest BCUT2D eigenvalue weighted by Gasteiger charge is 2.16. The van der Waals surface area contributed by atoms with Crippen LogP contribution in [0.5, 0.6) is 5.75 Å². The van der Waals surface area contributed by atoms with Gasteiger partial charge >= 0.3 is 0 Å². The smallest absolute Gasteiger partial charge is 0.246 e. The van der Waals surface area contributed by atoms with Crippen LogP contribution in [0.1, 0.15) is 19.8 Å². The van der Waals surface area contributed by atoms with E-state index in [0.717, 1.165) is 36.6 Å². The van der Waals surface area contributed by atoms with Crippen molar-refractivity contribution in [2.24, 2.45) is 0 Å². The lowest BCUT2D eigenvalue weighted by Gasteiger charge is -2.16. The van der Waals surface area contributed by atoms with Crippen LogP contribution in [0.15, 0.2) is 54.6 Å². The van der Waals surface area contributed by atoms with Gasteiger partial charge in [-0.2, -0.15) is 0 Å². The van der Waals surface area contributed by atoms with E-state index in [9.17, 15) is 4.79 Å². The molecule has 2 N–H and O–H groups in total. The SMILES string of the molecule is C[C@@H](Nc1ccc(OC[C@H]2CCCO2)cc1)C(=O)Nc1ccccc1. The van der Waals surface area contributed by atoms with Crippen molar-refractivity contribution in [2.45, 2.75) is 31.9 Å². The van der Waals surface area contributed by atoms with Crippen LogP contribution in [0.25, 0.3) is 0 Å². The van der Waals surface area contributed by atoms with Crippen molar-refractivity contribution >= 4 is 17.3 Å². The van der Waals surface area contributed by atoms with E-state index in [2.05, 4.69) is 10.6 Å². The molecule has 1 aliphatic rings. The summed E-state index contributed by atoms with van der Waals surface area (Å²) >= 11 is 0. The van der Waals surface area contributed by atoms with Gasteiger partial charge in [0.2, 0.25) is 5.91 Å². The van der Waals surface area contributed by atoms with Crippen LogP contribution < -0.4 is 15.4 Å². The minimum Gasteiger partial charge on any atom is -0.491 e. The van der Waals surface area contributed by atoms with Crippen molar-refractivity contribution < 1.29 is 14.3 Å². The van der Waals surface area contributed by atoms with E-state index >= 15 is 0 Å². The van der Waals surface area contributed by atoms with Crippen LogP contribution in [0.2, 0.25) is 0 Å². The number of carbonyl (C=O) groups excluding carboxylic acids is 1.